The van der Waals surface area contributed by atoms with E-state index in [0.29, 0.717) is 31.2 Å². The molecule has 0 radical (unpaired) electrons. The van der Waals surface area contributed by atoms with Crippen LogP contribution in [-0.4, -0.2) is 36.7 Å². The summed E-state index contributed by atoms with van der Waals surface area (Å²) in [5, 5.41) is 12.0. The summed E-state index contributed by atoms with van der Waals surface area (Å²) in [5.41, 5.74) is 0.355. The number of benzene rings is 1. The fourth-order valence-electron chi connectivity index (χ4n) is 4.21. The topological polar surface area (TPSA) is 101 Å². The van der Waals surface area contributed by atoms with Crippen LogP contribution in [0.3, 0.4) is 0 Å². The smallest absolute Gasteiger partial charge is 0.308 e. The van der Waals surface area contributed by atoms with Gasteiger partial charge in [0.1, 0.15) is 0 Å². The molecule has 0 unspecified atom stereocenters. The summed E-state index contributed by atoms with van der Waals surface area (Å²) in [6, 6.07) is 5.63. The molecule has 2 saturated carbocycles. The summed E-state index contributed by atoms with van der Waals surface area (Å²) in [7, 11) is -3.34. The van der Waals surface area contributed by atoms with Crippen LogP contribution in [0.15, 0.2) is 29.2 Å². The Kier molecular flexibility index (Phi) is 6.19. The summed E-state index contributed by atoms with van der Waals surface area (Å²) < 4.78 is 25.2. The number of nitrogens with one attached hydrogen (secondary N) is 1. The molecule has 148 valence electrons. The van der Waals surface area contributed by atoms with E-state index < -0.39 is 21.7 Å². The number of rotatable bonds is 5. The first-order valence-corrected chi connectivity index (χ1v) is 11.3. The van der Waals surface area contributed by atoms with Gasteiger partial charge in [-0.1, -0.05) is 32.1 Å². The third-order valence-electron chi connectivity index (χ3n) is 5.84. The minimum Gasteiger partial charge on any atom is -0.481 e. The molecule has 3 rings (SSSR count). The molecule has 7 heteroatoms. The van der Waals surface area contributed by atoms with Crippen molar-refractivity contribution in [2.45, 2.75) is 74.0 Å². The van der Waals surface area contributed by atoms with Crippen molar-refractivity contribution in [2.75, 3.05) is 0 Å². The number of hydrogen-bond donors (Lipinski definition) is 2. The lowest BCUT2D eigenvalue weighted by atomic mass is 9.94. The van der Waals surface area contributed by atoms with Crippen LogP contribution in [0.5, 0.6) is 0 Å². The highest BCUT2D eigenvalue weighted by Crippen LogP contribution is 2.30. The Labute approximate surface area is 160 Å². The molecule has 6 nitrogen and oxygen atoms in total. The Morgan fingerprint density at radius 3 is 2.11 bits per heavy atom. The van der Waals surface area contributed by atoms with Crippen molar-refractivity contribution in [1.29, 1.82) is 0 Å². The molecule has 1 aromatic carbocycles. The number of hydrogen-bond acceptors (Lipinski definition) is 4. The number of carboxylic acids is 1. The molecule has 0 aliphatic heterocycles. The highest BCUT2D eigenvalue weighted by atomic mass is 32.2. The molecule has 0 bridgehead atoms. The van der Waals surface area contributed by atoms with Gasteiger partial charge in [-0.3, -0.25) is 9.59 Å². The average molecular weight is 394 g/mol. The molecule has 0 aromatic heterocycles. The maximum Gasteiger partial charge on any atom is 0.308 e. The fraction of sp³-hybridized carbons (Fsp3) is 0.600. The zero-order valence-corrected chi connectivity index (χ0v) is 16.2. The first-order chi connectivity index (χ1) is 12.9. The quantitative estimate of drug-likeness (QED) is 0.749. The minimum atomic E-state index is -3.34. The molecule has 1 aromatic rings. The van der Waals surface area contributed by atoms with E-state index in [1.165, 1.54) is 24.3 Å². The molecule has 2 aliphatic carbocycles. The van der Waals surface area contributed by atoms with E-state index in [-0.39, 0.29) is 22.1 Å². The summed E-state index contributed by atoms with van der Waals surface area (Å²) in [6.07, 6.45) is 7.22. The van der Waals surface area contributed by atoms with Gasteiger partial charge in [-0.25, -0.2) is 8.42 Å². The second kappa shape index (κ2) is 8.42. The van der Waals surface area contributed by atoms with Crippen molar-refractivity contribution in [2.24, 2.45) is 5.92 Å². The predicted molar refractivity (Wildman–Crippen MR) is 101 cm³/mol. The van der Waals surface area contributed by atoms with Gasteiger partial charge >= 0.3 is 5.97 Å². The lowest BCUT2D eigenvalue weighted by Crippen LogP contribution is -2.42. The van der Waals surface area contributed by atoms with Crippen molar-refractivity contribution in [3.63, 3.8) is 0 Å². The van der Waals surface area contributed by atoms with E-state index in [4.69, 9.17) is 0 Å². The van der Waals surface area contributed by atoms with Gasteiger partial charge < -0.3 is 10.4 Å². The van der Waals surface area contributed by atoms with Crippen LogP contribution in [0.2, 0.25) is 0 Å². The van der Waals surface area contributed by atoms with Crippen LogP contribution < -0.4 is 5.32 Å². The second-order valence-corrected chi connectivity index (χ2v) is 9.87. The van der Waals surface area contributed by atoms with Crippen molar-refractivity contribution in [1.82, 2.24) is 5.32 Å². The van der Waals surface area contributed by atoms with E-state index in [1.54, 1.807) is 0 Å². The SMILES string of the molecule is O=C(N[C@H]1CCCCC[C@H]1C(=O)O)c1ccc(S(=O)(=O)C2CCCC2)cc1. The Morgan fingerprint density at radius 1 is 0.889 bits per heavy atom. The van der Waals surface area contributed by atoms with Gasteiger partial charge in [-0.15, -0.1) is 0 Å². The number of aliphatic carboxylic acids is 1. The first-order valence-electron chi connectivity index (χ1n) is 9.77. The Bertz CT molecular complexity index is 781. The Balaban J connectivity index is 1.70. The molecule has 27 heavy (non-hydrogen) atoms. The molecular formula is C20H27NO5S. The van der Waals surface area contributed by atoms with Gasteiger partial charge in [0.2, 0.25) is 0 Å². The molecule has 2 atom stereocenters. The maximum atomic E-state index is 12.6. The highest BCUT2D eigenvalue weighted by molar-refractivity contribution is 7.92. The molecule has 2 fully saturated rings. The van der Waals surface area contributed by atoms with E-state index in [0.717, 1.165) is 32.1 Å². The largest absolute Gasteiger partial charge is 0.481 e. The van der Waals surface area contributed by atoms with Gasteiger partial charge in [-0.2, -0.15) is 0 Å². The number of carboxylic acid groups (broad SMARTS) is 1. The van der Waals surface area contributed by atoms with Crippen LogP contribution in [0.4, 0.5) is 0 Å². The molecule has 1 amide bonds. The van der Waals surface area contributed by atoms with Crippen LogP contribution in [0.25, 0.3) is 0 Å². The molecule has 0 spiro atoms. The maximum absolute atomic E-state index is 12.6. The third kappa shape index (κ3) is 4.51. The van der Waals surface area contributed by atoms with Gasteiger partial charge in [0.25, 0.3) is 5.91 Å². The predicted octanol–water partition coefficient (Wildman–Crippen LogP) is 3.17. The molecule has 0 heterocycles. The standard InChI is InChI=1S/C20H27NO5S/c22-19(21-18-9-3-1-2-8-17(18)20(23)24)14-10-12-16(13-11-14)27(25,26)15-6-4-5-7-15/h10-13,15,17-18H,1-9H2,(H,21,22)(H,23,24)/t17-,18+/m1/s1. The Morgan fingerprint density at radius 2 is 1.48 bits per heavy atom. The number of carbonyl (C=O) groups excluding carboxylic acids is 1. The number of amides is 1. The lowest BCUT2D eigenvalue weighted by molar-refractivity contribution is -0.142. The van der Waals surface area contributed by atoms with E-state index in [2.05, 4.69) is 5.32 Å². The normalized spacial score (nSPS) is 24.3. The van der Waals surface area contributed by atoms with Gasteiger partial charge in [0, 0.05) is 11.6 Å². The van der Waals surface area contributed by atoms with E-state index in [1.807, 2.05) is 0 Å². The first kappa shape index (κ1) is 19.9. The van der Waals surface area contributed by atoms with Gasteiger partial charge in [0.15, 0.2) is 9.84 Å². The zero-order valence-electron chi connectivity index (χ0n) is 15.4. The summed E-state index contributed by atoms with van der Waals surface area (Å²) in [6.45, 7) is 0. The molecule has 2 aliphatic rings. The molecule has 2 N–H and O–H groups in total. The minimum absolute atomic E-state index is 0.254. The molecular weight excluding hydrogens is 366 g/mol. The van der Waals surface area contributed by atoms with Crippen molar-refractivity contribution >= 4 is 21.7 Å². The summed E-state index contributed by atoms with van der Waals surface area (Å²) in [5.74, 6) is -1.79. The fourth-order valence-corrected chi connectivity index (χ4v) is 6.07. The van der Waals surface area contributed by atoms with E-state index in [9.17, 15) is 23.1 Å². The zero-order chi connectivity index (χ0) is 19.4. The van der Waals surface area contributed by atoms with Crippen LogP contribution >= 0.6 is 0 Å². The average Bonchev–Trinajstić information content (AvgIpc) is 3.10. The lowest BCUT2D eigenvalue weighted by Gasteiger charge is -2.23. The van der Waals surface area contributed by atoms with Crippen molar-refractivity contribution in [3.05, 3.63) is 29.8 Å². The number of carbonyl (C=O) groups is 2. The van der Waals surface area contributed by atoms with E-state index >= 15 is 0 Å². The van der Waals surface area contributed by atoms with Gasteiger partial charge in [-0.05, 0) is 49.9 Å². The Hall–Kier alpha value is -1.89. The van der Waals surface area contributed by atoms with Gasteiger partial charge in [0.05, 0.1) is 16.1 Å². The second-order valence-electron chi connectivity index (χ2n) is 7.64. The van der Waals surface area contributed by atoms with Crippen molar-refractivity contribution in [3.8, 4) is 0 Å². The summed E-state index contributed by atoms with van der Waals surface area (Å²) in [4.78, 5) is 24.3. The molecule has 0 saturated heterocycles. The van der Waals surface area contributed by atoms with Crippen molar-refractivity contribution < 1.29 is 23.1 Å². The monoisotopic (exact) mass is 393 g/mol. The van der Waals surface area contributed by atoms with Crippen LogP contribution in [-0.2, 0) is 14.6 Å². The summed E-state index contributed by atoms with van der Waals surface area (Å²) >= 11 is 0. The highest BCUT2D eigenvalue weighted by Gasteiger charge is 2.32. The third-order valence-corrected chi connectivity index (χ3v) is 8.11. The van der Waals surface area contributed by atoms with Crippen LogP contribution in [0, 0.1) is 5.92 Å². The van der Waals surface area contributed by atoms with Crippen LogP contribution in [0.1, 0.15) is 68.1 Å². The number of sulfone groups is 1.